The standard InChI is InChI=1S/C23H26FN3O4S/c1-3-18-20(22(29)30-2)21(14-6-4-7-15(24)10-14)27-16(13-32-23(27)26-18)11-19(28)25-12-17-8-5-9-31-17/h4,6-7,10,13,17,21H,3,5,8-9,11-12H2,1-2H3,(H,25,28)/t17-,21+/m1/s1. The van der Waals surface area contributed by atoms with Crippen molar-refractivity contribution in [3.63, 3.8) is 0 Å². The highest BCUT2D eigenvalue weighted by molar-refractivity contribution is 8.16. The highest BCUT2D eigenvalue weighted by atomic mass is 32.2. The predicted octanol–water partition coefficient (Wildman–Crippen LogP) is 3.65. The Balaban J connectivity index is 1.63. The molecule has 0 unspecified atom stereocenters. The van der Waals surface area contributed by atoms with Crippen LogP contribution in [0.25, 0.3) is 0 Å². The minimum Gasteiger partial charge on any atom is -0.466 e. The first-order valence-corrected chi connectivity index (χ1v) is 11.6. The molecule has 1 aromatic rings. The molecule has 3 aliphatic rings. The molecule has 0 aromatic heterocycles. The molecule has 9 heteroatoms. The van der Waals surface area contributed by atoms with Gasteiger partial charge in [-0.1, -0.05) is 30.8 Å². The van der Waals surface area contributed by atoms with E-state index in [1.807, 2.05) is 17.2 Å². The maximum Gasteiger partial charge on any atom is 0.338 e. The molecule has 7 nitrogen and oxygen atoms in total. The normalized spacial score (nSPS) is 22.4. The summed E-state index contributed by atoms with van der Waals surface area (Å²) in [6.07, 6.45) is 2.63. The van der Waals surface area contributed by atoms with E-state index < -0.39 is 17.8 Å². The molecule has 4 rings (SSSR count). The van der Waals surface area contributed by atoms with Crippen LogP contribution in [0.1, 0.15) is 44.2 Å². The van der Waals surface area contributed by atoms with Crippen LogP contribution in [0.15, 0.2) is 51.6 Å². The average molecular weight is 460 g/mol. The molecule has 3 heterocycles. The van der Waals surface area contributed by atoms with Crippen LogP contribution in [0.4, 0.5) is 4.39 Å². The molecule has 170 valence electrons. The van der Waals surface area contributed by atoms with E-state index in [0.29, 0.717) is 40.7 Å². The maximum atomic E-state index is 14.1. The predicted molar refractivity (Wildman–Crippen MR) is 120 cm³/mol. The van der Waals surface area contributed by atoms with Crippen LogP contribution >= 0.6 is 11.8 Å². The number of aliphatic imine (C=N–C) groups is 1. The molecule has 0 radical (unpaired) electrons. The number of rotatable bonds is 7. The Hall–Kier alpha value is -2.65. The minimum atomic E-state index is -0.632. The zero-order chi connectivity index (χ0) is 22.7. The van der Waals surface area contributed by atoms with Crippen molar-refractivity contribution in [1.82, 2.24) is 10.2 Å². The van der Waals surface area contributed by atoms with E-state index >= 15 is 0 Å². The molecule has 1 amide bonds. The van der Waals surface area contributed by atoms with Gasteiger partial charge in [-0.05, 0) is 42.4 Å². The number of fused-ring (bicyclic) bond motifs is 1. The number of hydrogen-bond acceptors (Lipinski definition) is 7. The SMILES string of the molecule is CCC1=C(C(=O)OC)[C@H](c2cccc(F)c2)N2C(CC(=O)NC[C@H]3CCCO3)=CSC2=N1. The van der Waals surface area contributed by atoms with Gasteiger partial charge in [0.2, 0.25) is 5.91 Å². The van der Waals surface area contributed by atoms with Crippen molar-refractivity contribution in [2.75, 3.05) is 20.3 Å². The number of amides is 1. The van der Waals surface area contributed by atoms with E-state index in [-0.39, 0.29) is 18.4 Å². The highest BCUT2D eigenvalue weighted by Gasteiger charge is 2.41. The number of hydrogen-bond donors (Lipinski definition) is 1. The van der Waals surface area contributed by atoms with E-state index in [1.54, 1.807) is 12.1 Å². The zero-order valence-electron chi connectivity index (χ0n) is 18.1. The summed E-state index contributed by atoms with van der Waals surface area (Å²) >= 11 is 1.39. The van der Waals surface area contributed by atoms with Gasteiger partial charge in [-0.2, -0.15) is 0 Å². The number of thioether (sulfide) groups is 1. The fourth-order valence-electron chi connectivity index (χ4n) is 4.16. The second kappa shape index (κ2) is 9.87. The zero-order valence-corrected chi connectivity index (χ0v) is 18.9. The van der Waals surface area contributed by atoms with Gasteiger partial charge in [-0.3, -0.25) is 4.79 Å². The summed E-state index contributed by atoms with van der Waals surface area (Å²) in [6, 6.07) is 5.51. The molecule has 1 saturated heterocycles. The number of methoxy groups -OCH3 is 1. The van der Waals surface area contributed by atoms with Crippen molar-refractivity contribution < 1.29 is 23.5 Å². The number of nitrogens with zero attached hydrogens (tertiary/aromatic N) is 2. The number of carbonyl (C=O) groups is 2. The summed E-state index contributed by atoms with van der Waals surface area (Å²) in [6.45, 7) is 3.11. The molecule has 0 saturated carbocycles. The summed E-state index contributed by atoms with van der Waals surface area (Å²) in [7, 11) is 1.32. The quantitative estimate of drug-likeness (QED) is 0.627. The Kier molecular flexibility index (Phi) is 6.95. The number of halogens is 1. The van der Waals surface area contributed by atoms with Gasteiger partial charge in [-0.25, -0.2) is 14.2 Å². The van der Waals surface area contributed by atoms with Crippen molar-refractivity contribution >= 4 is 28.8 Å². The Morgan fingerprint density at radius 3 is 2.94 bits per heavy atom. The number of nitrogens with one attached hydrogen (secondary N) is 1. The van der Waals surface area contributed by atoms with Crippen LogP contribution in [0.5, 0.6) is 0 Å². The molecule has 1 fully saturated rings. The lowest BCUT2D eigenvalue weighted by atomic mass is 9.93. The van der Waals surface area contributed by atoms with Gasteiger partial charge >= 0.3 is 5.97 Å². The average Bonchev–Trinajstić information content (AvgIpc) is 3.46. The largest absolute Gasteiger partial charge is 0.466 e. The molecule has 3 aliphatic heterocycles. The first-order valence-electron chi connectivity index (χ1n) is 10.7. The molecule has 1 aromatic carbocycles. The number of benzene rings is 1. The lowest BCUT2D eigenvalue weighted by Crippen LogP contribution is -2.39. The van der Waals surface area contributed by atoms with Crippen molar-refractivity contribution in [3.05, 3.63) is 58.0 Å². The second-order valence-corrected chi connectivity index (χ2v) is 8.61. The van der Waals surface area contributed by atoms with Crippen molar-refractivity contribution in [3.8, 4) is 0 Å². The molecule has 1 N–H and O–H groups in total. The van der Waals surface area contributed by atoms with Crippen LogP contribution in [0.3, 0.4) is 0 Å². The third-order valence-electron chi connectivity index (χ3n) is 5.69. The molecule has 0 bridgehead atoms. The van der Waals surface area contributed by atoms with Crippen LogP contribution < -0.4 is 5.32 Å². The lowest BCUT2D eigenvalue weighted by molar-refractivity contribution is -0.136. The summed E-state index contributed by atoms with van der Waals surface area (Å²) in [5, 5.41) is 5.46. The van der Waals surface area contributed by atoms with E-state index in [1.165, 1.54) is 31.0 Å². The molecule has 32 heavy (non-hydrogen) atoms. The van der Waals surface area contributed by atoms with Gasteiger partial charge in [0.1, 0.15) is 5.82 Å². The summed E-state index contributed by atoms with van der Waals surface area (Å²) in [5.41, 5.74) is 2.25. The van der Waals surface area contributed by atoms with Gasteiger partial charge in [0, 0.05) is 18.8 Å². The summed E-state index contributed by atoms with van der Waals surface area (Å²) < 4.78 is 24.8. The number of amidine groups is 1. The first-order chi connectivity index (χ1) is 15.5. The van der Waals surface area contributed by atoms with Crippen LogP contribution in [0, 0.1) is 5.82 Å². The monoisotopic (exact) mass is 459 g/mol. The Labute approximate surface area is 190 Å². The smallest absolute Gasteiger partial charge is 0.338 e. The van der Waals surface area contributed by atoms with Crippen molar-refractivity contribution in [2.24, 2.45) is 4.99 Å². The fraction of sp³-hybridized carbons (Fsp3) is 0.435. The van der Waals surface area contributed by atoms with E-state index in [2.05, 4.69) is 10.3 Å². The topological polar surface area (TPSA) is 80.2 Å². The molecule has 0 spiro atoms. The van der Waals surface area contributed by atoms with Gasteiger partial charge in [0.05, 0.1) is 36.9 Å². The molecular weight excluding hydrogens is 433 g/mol. The number of carbonyl (C=O) groups excluding carboxylic acids is 2. The second-order valence-electron chi connectivity index (χ2n) is 7.77. The number of allylic oxidation sites excluding steroid dienone is 1. The van der Waals surface area contributed by atoms with E-state index in [0.717, 1.165) is 19.4 Å². The molecule has 2 atom stereocenters. The Morgan fingerprint density at radius 2 is 2.25 bits per heavy atom. The van der Waals surface area contributed by atoms with Crippen LogP contribution in [-0.4, -0.2) is 48.3 Å². The Morgan fingerprint density at radius 1 is 1.41 bits per heavy atom. The number of ether oxygens (including phenoxy) is 2. The molecular formula is C23H26FN3O4S. The van der Waals surface area contributed by atoms with E-state index in [9.17, 15) is 14.0 Å². The van der Waals surface area contributed by atoms with Gasteiger partial charge in [0.15, 0.2) is 5.17 Å². The van der Waals surface area contributed by atoms with Gasteiger partial charge < -0.3 is 19.7 Å². The maximum absolute atomic E-state index is 14.1. The van der Waals surface area contributed by atoms with E-state index in [4.69, 9.17) is 9.47 Å². The third-order valence-corrected chi connectivity index (χ3v) is 6.57. The van der Waals surface area contributed by atoms with Crippen LogP contribution in [0.2, 0.25) is 0 Å². The van der Waals surface area contributed by atoms with Crippen molar-refractivity contribution in [1.29, 1.82) is 0 Å². The lowest BCUT2D eigenvalue weighted by Gasteiger charge is -2.36. The third kappa shape index (κ3) is 4.59. The van der Waals surface area contributed by atoms with Crippen molar-refractivity contribution in [2.45, 2.75) is 44.8 Å². The first kappa shape index (κ1) is 22.5. The number of esters is 1. The van der Waals surface area contributed by atoms with Gasteiger partial charge in [-0.15, -0.1) is 0 Å². The molecule has 0 aliphatic carbocycles. The highest BCUT2D eigenvalue weighted by Crippen LogP contribution is 2.45. The summed E-state index contributed by atoms with van der Waals surface area (Å²) in [4.78, 5) is 32.0. The Bertz CT molecular complexity index is 1000. The fourth-order valence-corrected chi connectivity index (χ4v) is 5.10. The van der Waals surface area contributed by atoms with Crippen LogP contribution in [-0.2, 0) is 19.1 Å². The summed E-state index contributed by atoms with van der Waals surface area (Å²) in [5.74, 6) is -1.06. The minimum absolute atomic E-state index is 0.0546. The van der Waals surface area contributed by atoms with Gasteiger partial charge in [0.25, 0.3) is 0 Å².